The summed E-state index contributed by atoms with van der Waals surface area (Å²) >= 11 is 0. The number of aryl methyl sites for hydroxylation is 1. The van der Waals surface area contributed by atoms with E-state index >= 15 is 0 Å². The molecule has 3 heteroatoms. The van der Waals surface area contributed by atoms with E-state index in [4.69, 9.17) is 5.73 Å². The van der Waals surface area contributed by atoms with Crippen LogP contribution in [0.25, 0.3) is 11.1 Å². The average Bonchev–Trinajstić information content (AvgIpc) is 2.40. The molecule has 0 fully saturated rings. The summed E-state index contributed by atoms with van der Waals surface area (Å²) in [4.78, 5) is 0. The predicted octanol–water partition coefficient (Wildman–Crippen LogP) is 3.91. The van der Waals surface area contributed by atoms with Crippen LogP contribution in [0.5, 0.6) is 0 Å². The van der Waals surface area contributed by atoms with Crippen molar-refractivity contribution in [3.8, 4) is 11.1 Å². The molecule has 0 radical (unpaired) electrons. The van der Waals surface area contributed by atoms with Gasteiger partial charge >= 0.3 is 0 Å². The summed E-state index contributed by atoms with van der Waals surface area (Å²) in [5.74, 6) is -1.64. The standard InChI is InChI=1S/C16H17F2N/c1-11(19)5-6-12-3-2-4-13(9-12)14-7-8-15(17)16(18)10-14/h2-4,7-11H,5-6,19H2,1H3. The first-order valence-electron chi connectivity index (χ1n) is 6.36. The number of rotatable bonds is 4. The van der Waals surface area contributed by atoms with Crippen LogP contribution in [-0.2, 0) is 6.42 Å². The molecule has 100 valence electrons. The molecular weight excluding hydrogens is 244 g/mol. The first kappa shape index (κ1) is 13.7. The van der Waals surface area contributed by atoms with Crippen molar-refractivity contribution in [2.45, 2.75) is 25.8 Å². The molecule has 19 heavy (non-hydrogen) atoms. The Morgan fingerprint density at radius 1 is 1.00 bits per heavy atom. The fourth-order valence-corrected chi connectivity index (χ4v) is 1.98. The average molecular weight is 261 g/mol. The lowest BCUT2D eigenvalue weighted by Gasteiger charge is -2.08. The number of hydrogen-bond donors (Lipinski definition) is 1. The lowest BCUT2D eigenvalue weighted by atomic mass is 10.00. The van der Waals surface area contributed by atoms with Crippen LogP contribution in [0.4, 0.5) is 8.78 Å². The van der Waals surface area contributed by atoms with Crippen LogP contribution in [0.3, 0.4) is 0 Å². The molecule has 2 aromatic rings. The Morgan fingerprint density at radius 2 is 1.74 bits per heavy atom. The van der Waals surface area contributed by atoms with Crippen molar-refractivity contribution in [1.82, 2.24) is 0 Å². The van der Waals surface area contributed by atoms with Crippen molar-refractivity contribution >= 4 is 0 Å². The van der Waals surface area contributed by atoms with Gasteiger partial charge in [0.15, 0.2) is 11.6 Å². The van der Waals surface area contributed by atoms with Crippen LogP contribution in [0.1, 0.15) is 18.9 Å². The van der Waals surface area contributed by atoms with Gasteiger partial charge in [0, 0.05) is 6.04 Å². The normalized spacial score (nSPS) is 12.4. The van der Waals surface area contributed by atoms with Gasteiger partial charge in [-0.3, -0.25) is 0 Å². The molecule has 0 aromatic heterocycles. The van der Waals surface area contributed by atoms with Gasteiger partial charge in [0.2, 0.25) is 0 Å². The molecule has 1 unspecified atom stereocenters. The highest BCUT2D eigenvalue weighted by Gasteiger charge is 2.05. The van der Waals surface area contributed by atoms with Gasteiger partial charge < -0.3 is 5.73 Å². The molecule has 0 aliphatic carbocycles. The molecule has 0 bridgehead atoms. The Balaban J connectivity index is 2.24. The van der Waals surface area contributed by atoms with E-state index in [-0.39, 0.29) is 6.04 Å². The summed E-state index contributed by atoms with van der Waals surface area (Å²) in [7, 11) is 0. The van der Waals surface area contributed by atoms with E-state index in [1.807, 2.05) is 31.2 Å². The minimum Gasteiger partial charge on any atom is -0.328 e. The number of halogens is 2. The highest BCUT2D eigenvalue weighted by Crippen LogP contribution is 2.23. The summed E-state index contributed by atoms with van der Waals surface area (Å²) in [5, 5.41) is 0. The number of hydrogen-bond acceptors (Lipinski definition) is 1. The highest BCUT2D eigenvalue weighted by atomic mass is 19.2. The van der Waals surface area contributed by atoms with Crippen LogP contribution >= 0.6 is 0 Å². The van der Waals surface area contributed by atoms with Crippen molar-refractivity contribution in [2.24, 2.45) is 5.73 Å². The van der Waals surface area contributed by atoms with E-state index in [2.05, 4.69) is 0 Å². The third kappa shape index (κ3) is 3.61. The Hall–Kier alpha value is -1.74. The first-order chi connectivity index (χ1) is 9.06. The van der Waals surface area contributed by atoms with E-state index in [9.17, 15) is 8.78 Å². The van der Waals surface area contributed by atoms with E-state index in [1.54, 1.807) is 6.07 Å². The van der Waals surface area contributed by atoms with Gasteiger partial charge in [-0.1, -0.05) is 30.3 Å². The van der Waals surface area contributed by atoms with E-state index in [0.29, 0.717) is 5.56 Å². The van der Waals surface area contributed by atoms with E-state index < -0.39 is 11.6 Å². The summed E-state index contributed by atoms with van der Waals surface area (Å²) < 4.78 is 26.1. The monoisotopic (exact) mass is 261 g/mol. The largest absolute Gasteiger partial charge is 0.328 e. The smallest absolute Gasteiger partial charge is 0.159 e. The van der Waals surface area contributed by atoms with Crippen LogP contribution < -0.4 is 5.73 Å². The second kappa shape index (κ2) is 5.93. The van der Waals surface area contributed by atoms with Gasteiger partial charge in [-0.05, 0) is 48.6 Å². The van der Waals surface area contributed by atoms with Crippen LogP contribution in [-0.4, -0.2) is 6.04 Å². The fourth-order valence-electron chi connectivity index (χ4n) is 1.98. The van der Waals surface area contributed by atoms with E-state index in [1.165, 1.54) is 6.07 Å². The van der Waals surface area contributed by atoms with Gasteiger partial charge in [-0.15, -0.1) is 0 Å². The Morgan fingerprint density at radius 3 is 2.42 bits per heavy atom. The second-order valence-corrected chi connectivity index (χ2v) is 4.85. The van der Waals surface area contributed by atoms with E-state index in [0.717, 1.165) is 30.0 Å². The quantitative estimate of drug-likeness (QED) is 0.887. The zero-order chi connectivity index (χ0) is 13.8. The van der Waals surface area contributed by atoms with Gasteiger partial charge in [0.1, 0.15) is 0 Å². The predicted molar refractivity (Wildman–Crippen MR) is 73.8 cm³/mol. The molecule has 0 heterocycles. The fraction of sp³-hybridized carbons (Fsp3) is 0.250. The van der Waals surface area contributed by atoms with Crippen molar-refractivity contribution < 1.29 is 8.78 Å². The Labute approximate surface area is 112 Å². The molecule has 0 aliphatic rings. The zero-order valence-corrected chi connectivity index (χ0v) is 10.9. The van der Waals surface area contributed by atoms with Crippen LogP contribution in [0.2, 0.25) is 0 Å². The molecule has 2 N–H and O–H groups in total. The maximum Gasteiger partial charge on any atom is 0.159 e. The molecule has 0 saturated carbocycles. The molecule has 1 atom stereocenters. The lowest BCUT2D eigenvalue weighted by molar-refractivity contribution is 0.509. The lowest BCUT2D eigenvalue weighted by Crippen LogP contribution is -2.15. The maximum atomic E-state index is 13.2. The molecule has 0 amide bonds. The molecule has 0 saturated heterocycles. The minimum absolute atomic E-state index is 0.159. The summed E-state index contributed by atoms with van der Waals surface area (Å²) in [5.41, 5.74) is 8.46. The van der Waals surface area contributed by atoms with Crippen LogP contribution in [0.15, 0.2) is 42.5 Å². The molecule has 2 aromatic carbocycles. The molecule has 0 spiro atoms. The van der Waals surface area contributed by atoms with Gasteiger partial charge in [0.25, 0.3) is 0 Å². The topological polar surface area (TPSA) is 26.0 Å². The first-order valence-corrected chi connectivity index (χ1v) is 6.36. The Bertz CT molecular complexity index is 564. The highest BCUT2D eigenvalue weighted by molar-refractivity contribution is 5.64. The van der Waals surface area contributed by atoms with Crippen molar-refractivity contribution in [2.75, 3.05) is 0 Å². The summed E-state index contributed by atoms with van der Waals surface area (Å²) in [6.45, 7) is 1.97. The van der Waals surface area contributed by atoms with Crippen LogP contribution in [0, 0.1) is 11.6 Å². The van der Waals surface area contributed by atoms with Crippen molar-refractivity contribution in [3.63, 3.8) is 0 Å². The van der Waals surface area contributed by atoms with Gasteiger partial charge in [-0.2, -0.15) is 0 Å². The third-order valence-corrected chi connectivity index (χ3v) is 3.07. The molecular formula is C16H17F2N. The molecule has 2 rings (SSSR count). The zero-order valence-electron chi connectivity index (χ0n) is 10.9. The molecule has 1 nitrogen and oxygen atoms in total. The molecule has 0 aliphatic heterocycles. The van der Waals surface area contributed by atoms with Crippen molar-refractivity contribution in [3.05, 3.63) is 59.7 Å². The number of benzene rings is 2. The number of nitrogens with two attached hydrogens (primary N) is 1. The van der Waals surface area contributed by atoms with Gasteiger partial charge in [0.05, 0.1) is 0 Å². The Kier molecular flexibility index (Phi) is 4.27. The maximum absolute atomic E-state index is 13.2. The minimum atomic E-state index is -0.822. The second-order valence-electron chi connectivity index (χ2n) is 4.85. The van der Waals surface area contributed by atoms with Gasteiger partial charge in [-0.25, -0.2) is 8.78 Å². The summed E-state index contributed by atoms with van der Waals surface area (Å²) in [6, 6.07) is 11.9. The van der Waals surface area contributed by atoms with Crippen molar-refractivity contribution in [1.29, 1.82) is 0 Å². The summed E-state index contributed by atoms with van der Waals surface area (Å²) in [6.07, 6.45) is 1.79. The SMILES string of the molecule is CC(N)CCc1cccc(-c2ccc(F)c(F)c2)c1. The third-order valence-electron chi connectivity index (χ3n) is 3.07.